The minimum absolute atomic E-state index is 0.0326. The van der Waals surface area contributed by atoms with E-state index in [-0.39, 0.29) is 23.6 Å². The molecule has 154 valence electrons. The molecule has 1 aromatic carbocycles. The normalized spacial score (nSPS) is 17.1. The highest BCUT2D eigenvalue weighted by atomic mass is 16.5. The molecule has 1 saturated heterocycles. The van der Waals surface area contributed by atoms with Gasteiger partial charge in [0.15, 0.2) is 0 Å². The number of nitrogens with one attached hydrogen (secondary N) is 2. The third kappa shape index (κ3) is 6.05. The van der Waals surface area contributed by atoms with Crippen LogP contribution in [-0.4, -0.2) is 56.0 Å². The lowest BCUT2D eigenvalue weighted by Gasteiger charge is -2.32. The van der Waals surface area contributed by atoms with Crippen molar-refractivity contribution in [2.75, 3.05) is 38.7 Å². The summed E-state index contributed by atoms with van der Waals surface area (Å²) >= 11 is 0. The molecule has 1 heterocycles. The third-order valence-corrected chi connectivity index (χ3v) is 4.76. The number of piperidine rings is 1. The van der Waals surface area contributed by atoms with Crippen molar-refractivity contribution in [3.05, 3.63) is 29.8 Å². The van der Waals surface area contributed by atoms with Gasteiger partial charge in [0, 0.05) is 43.4 Å². The van der Waals surface area contributed by atoms with E-state index in [0.717, 1.165) is 12.8 Å². The molecule has 2 N–H and O–H groups in total. The molecular weight excluding hydrogens is 358 g/mol. The third-order valence-electron chi connectivity index (χ3n) is 4.76. The lowest BCUT2D eigenvalue weighted by molar-refractivity contribution is -0.126. The van der Waals surface area contributed by atoms with E-state index in [1.54, 1.807) is 36.3 Å². The van der Waals surface area contributed by atoms with Crippen LogP contribution in [0.4, 0.5) is 5.69 Å². The molecule has 2 rings (SSSR count). The molecular formula is C21H31N3O4. The number of ether oxygens (including phenoxy) is 1. The Balaban J connectivity index is 1.95. The van der Waals surface area contributed by atoms with E-state index < -0.39 is 5.41 Å². The second-order valence-electron chi connectivity index (χ2n) is 8.16. The highest BCUT2D eigenvalue weighted by molar-refractivity contribution is 5.97. The van der Waals surface area contributed by atoms with Crippen LogP contribution in [0.5, 0.6) is 0 Å². The average molecular weight is 389 g/mol. The first kappa shape index (κ1) is 21.9. The van der Waals surface area contributed by atoms with Gasteiger partial charge in [-0.05, 0) is 37.1 Å². The van der Waals surface area contributed by atoms with Crippen LogP contribution in [0.2, 0.25) is 0 Å². The Morgan fingerprint density at radius 2 is 1.86 bits per heavy atom. The Morgan fingerprint density at radius 3 is 2.46 bits per heavy atom. The van der Waals surface area contributed by atoms with Crippen molar-refractivity contribution in [1.82, 2.24) is 10.2 Å². The Hall–Kier alpha value is -2.41. The Labute approximate surface area is 166 Å². The summed E-state index contributed by atoms with van der Waals surface area (Å²) in [6.45, 7) is 7.54. The van der Waals surface area contributed by atoms with E-state index in [1.165, 1.54) is 0 Å². The van der Waals surface area contributed by atoms with Crippen LogP contribution in [0.3, 0.4) is 0 Å². The second kappa shape index (κ2) is 9.68. The van der Waals surface area contributed by atoms with E-state index in [4.69, 9.17) is 4.74 Å². The van der Waals surface area contributed by atoms with E-state index in [2.05, 4.69) is 10.6 Å². The summed E-state index contributed by atoms with van der Waals surface area (Å²) in [5, 5.41) is 5.70. The molecule has 1 aliphatic heterocycles. The number of nitrogens with zero attached hydrogens (tertiary/aromatic N) is 1. The maximum absolute atomic E-state index is 12.8. The van der Waals surface area contributed by atoms with Crippen molar-refractivity contribution in [2.24, 2.45) is 11.3 Å². The molecule has 0 aromatic heterocycles. The number of carbonyl (C=O) groups excluding carboxylic acids is 3. The number of likely N-dealkylation sites (tertiary alicyclic amines) is 1. The number of amides is 3. The summed E-state index contributed by atoms with van der Waals surface area (Å²) in [6.07, 6.45) is 1.58. The van der Waals surface area contributed by atoms with Gasteiger partial charge in [-0.25, -0.2) is 0 Å². The molecule has 1 atom stereocenters. The first-order valence-corrected chi connectivity index (χ1v) is 9.70. The van der Waals surface area contributed by atoms with Gasteiger partial charge in [-0.2, -0.15) is 0 Å². The number of hydrogen-bond donors (Lipinski definition) is 2. The van der Waals surface area contributed by atoms with Gasteiger partial charge in [0.05, 0.1) is 12.5 Å². The summed E-state index contributed by atoms with van der Waals surface area (Å²) in [7, 11) is 1.59. The zero-order valence-corrected chi connectivity index (χ0v) is 17.2. The fraction of sp³-hybridized carbons (Fsp3) is 0.571. The molecule has 0 bridgehead atoms. The highest BCUT2D eigenvalue weighted by Gasteiger charge is 2.29. The van der Waals surface area contributed by atoms with Crippen LogP contribution in [0, 0.1) is 11.3 Å². The van der Waals surface area contributed by atoms with Gasteiger partial charge in [0.25, 0.3) is 5.91 Å². The molecule has 3 amide bonds. The molecule has 1 aliphatic rings. The van der Waals surface area contributed by atoms with E-state index in [9.17, 15) is 14.4 Å². The molecule has 0 aliphatic carbocycles. The van der Waals surface area contributed by atoms with Gasteiger partial charge in [-0.1, -0.05) is 20.8 Å². The van der Waals surface area contributed by atoms with Gasteiger partial charge in [0.2, 0.25) is 11.8 Å². The van der Waals surface area contributed by atoms with Gasteiger partial charge >= 0.3 is 0 Å². The quantitative estimate of drug-likeness (QED) is 0.731. The summed E-state index contributed by atoms with van der Waals surface area (Å²) in [6, 6.07) is 6.89. The fourth-order valence-electron chi connectivity index (χ4n) is 2.99. The number of hydrogen-bond acceptors (Lipinski definition) is 4. The summed E-state index contributed by atoms with van der Waals surface area (Å²) in [5.74, 6) is -0.400. The predicted molar refractivity (Wildman–Crippen MR) is 108 cm³/mol. The Kier molecular flexibility index (Phi) is 7.57. The number of rotatable bonds is 6. The van der Waals surface area contributed by atoms with E-state index in [1.807, 2.05) is 20.8 Å². The number of methoxy groups -OCH3 is 1. The molecule has 0 unspecified atom stereocenters. The minimum Gasteiger partial charge on any atom is -0.383 e. The maximum atomic E-state index is 12.8. The minimum atomic E-state index is -0.485. The Morgan fingerprint density at radius 1 is 1.18 bits per heavy atom. The van der Waals surface area contributed by atoms with Gasteiger partial charge in [-0.15, -0.1) is 0 Å². The van der Waals surface area contributed by atoms with Crippen LogP contribution in [-0.2, 0) is 14.3 Å². The lowest BCUT2D eigenvalue weighted by atomic mass is 9.95. The standard InChI is InChI=1S/C21H31N3O4/c1-21(2,3)20(27)23-17-9-7-15(8-10-17)19(26)24-12-5-6-16(14-24)18(25)22-11-13-28-4/h7-10,16H,5-6,11-14H2,1-4H3,(H,22,25)(H,23,27)/t16-/m1/s1. The van der Waals surface area contributed by atoms with E-state index in [0.29, 0.717) is 37.5 Å². The van der Waals surface area contributed by atoms with Gasteiger partial charge in [0.1, 0.15) is 0 Å². The van der Waals surface area contributed by atoms with Crippen LogP contribution in [0.25, 0.3) is 0 Å². The molecule has 7 heteroatoms. The molecule has 7 nitrogen and oxygen atoms in total. The molecule has 0 spiro atoms. The molecule has 1 fully saturated rings. The van der Waals surface area contributed by atoms with Crippen LogP contribution < -0.4 is 10.6 Å². The van der Waals surface area contributed by atoms with Crippen molar-refractivity contribution >= 4 is 23.4 Å². The van der Waals surface area contributed by atoms with Crippen molar-refractivity contribution in [3.8, 4) is 0 Å². The van der Waals surface area contributed by atoms with Crippen molar-refractivity contribution < 1.29 is 19.1 Å². The average Bonchev–Trinajstić information content (AvgIpc) is 2.67. The number of anilines is 1. The smallest absolute Gasteiger partial charge is 0.253 e. The number of benzene rings is 1. The monoisotopic (exact) mass is 389 g/mol. The van der Waals surface area contributed by atoms with Gasteiger partial charge < -0.3 is 20.3 Å². The van der Waals surface area contributed by atoms with Crippen molar-refractivity contribution in [2.45, 2.75) is 33.6 Å². The SMILES string of the molecule is COCCNC(=O)[C@@H]1CCCN(C(=O)c2ccc(NC(=O)C(C)(C)C)cc2)C1. The van der Waals surface area contributed by atoms with Crippen molar-refractivity contribution in [3.63, 3.8) is 0 Å². The van der Waals surface area contributed by atoms with Crippen LogP contribution in [0.1, 0.15) is 44.0 Å². The zero-order valence-electron chi connectivity index (χ0n) is 17.2. The number of carbonyl (C=O) groups is 3. The second-order valence-corrected chi connectivity index (χ2v) is 8.16. The summed E-state index contributed by atoms with van der Waals surface area (Å²) in [5.41, 5.74) is 0.723. The first-order valence-electron chi connectivity index (χ1n) is 9.70. The predicted octanol–water partition coefficient (Wildman–Crippen LogP) is 2.29. The summed E-state index contributed by atoms with van der Waals surface area (Å²) < 4.78 is 4.94. The van der Waals surface area contributed by atoms with Gasteiger partial charge in [-0.3, -0.25) is 14.4 Å². The van der Waals surface area contributed by atoms with Crippen molar-refractivity contribution in [1.29, 1.82) is 0 Å². The first-order chi connectivity index (χ1) is 13.2. The van der Waals surface area contributed by atoms with Crippen LogP contribution in [0.15, 0.2) is 24.3 Å². The fourth-order valence-corrected chi connectivity index (χ4v) is 2.99. The molecule has 1 aromatic rings. The molecule has 28 heavy (non-hydrogen) atoms. The largest absolute Gasteiger partial charge is 0.383 e. The molecule has 0 saturated carbocycles. The topological polar surface area (TPSA) is 87.7 Å². The zero-order chi connectivity index (χ0) is 20.7. The molecule has 0 radical (unpaired) electrons. The maximum Gasteiger partial charge on any atom is 0.253 e. The van der Waals surface area contributed by atoms with Crippen LogP contribution >= 0.6 is 0 Å². The Bertz CT molecular complexity index is 695. The van der Waals surface area contributed by atoms with E-state index >= 15 is 0 Å². The summed E-state index contributed by atoms with van der Waals surface area (Å²) in [4.78, 5) is 38.9. The highest BCUT2D eigenvalue weighted by Crippen LogP contribution is 2.21. The lowest BCUT2D eigenvalue weighted by Crippen LogP contribution is -2.45.